The summed E-state index contributed by atoms with van der Waals surface area (Å²) in [7, 11) is 6.90. The second kappa shape index (κ2) is 34.2. The van der Waals surface area contributed by atoms with E-state index in [1.807, 2.05) is 0 Å². The molecule has 0 amide bonds. The van der Waals surface area contributed by atoms with Crippen molar-refractivity contribution < 1.29 is 16.9 Å². The summed E-state index contributed by atoms with van der Waals surface area (Å²) in [5.41, 5.74) is 0. The Morgan fingerprint density at radius 2 is 0.564 bits per heavy atom. The molecule has 0 aliphatic rings. The molecule has 1 nitrogen and oxygen atoms in total. The molecule has 236 valence electrons. The van der Waals surface area contributed by atoms with Crippen molar-refractivity contribution in [1.82, 2.24) is 0 Å². The van der Waals surface area contributed by atoms with Gasteiger partial charge in [0, 0.05) is 0 Å². The molecule has 39 heavy (non-hydrogen) atoms. The fraction of sp³-hybridized carbons (Fsp3) is 0.946. The third kappa shape index (κ3) is 40.2. The summed E-state index contributed by atoms with van der Waals surface area (Å²) in [5.74, 6) is 0. The lowest BCUT2D eigenvalue weighted by molar-refractivity contribution is -0.870. The number of allylic oxidation sites excluding steroid dienone is 2. The van der Waals surface area contributed by atoms with E-state index in [0.717, 1.165) is 4.48 Å². The maximum absolute atomic E-state index is 2.46. The van der Waals surface area contributed by atoms with Crippen LogP contribution in [0.25, 0.3) is 0 Å². The van der Waals surface area contributed by atoms with E-state index in [4.69, 9.17) is 0 Å². The van der Waals surface area contributed by atoms with Gasteiger partial charge in [-0.25, -0.2) is 0 Å². The van der Waals surface area contributed by atoms with Gasteiger partial charge in [0.1, 0.15) is 0 Å². The summed E-state index contributed by atoms with van der Waals surface area (Å²) >= 11 is 0. The number of hydrogen-bond donors (Lipinski definition) is 0. The van der Waals surface area contributed by atoms with E-state index in [1.54, 1.807) is 0 Å². The van der Waals surface area contributed by atoms with Crippen LogP contribution in [-0.4, -0.2) is 32.2 Å². The molecule has 0 saturated carbocycles. The standard InChI is InChI=1S/C37H76N.ClH/c1-5-6-7-8-9-10-11-12-13-14-15-16-17-18-19-20-21-22-23-24-25-26-27-28-29-30-31-32-33-34-35-36-37-38(2,3)4;/h28-29H,5-27,30-37H2,1-4H3;1H/q+1;/p-1/b29-28-;. The minimum atomic E-state index is 0. The molecule has 0 bridgehead atoms. The van der Waals surface area contributed by atoms with Gasteiger partial charge in [-0.05, 0) is 38.5 Å². The maximum atomic E-state index is 2.46. The molecule has 0 aliphatic heterocycles. The summed E-state index contributed by atoms with van der Waals surface area (Å²) in [6, 6.07) is 0. The Kier molecular flexibility index (Phi) is 36.1. The number of nitrogens with zero attached hydrogens (tertiary/aromatic N) is 1. The molecule has 0 saturated heterocycles. The monoisotopic (exact) mass is 570 g/mol. The summed E-state index contributed by atoms with van der Waals surface area (Å²) in [6.45, 7) is 3.63. The average molecular weight is 570 g/mol. The molecule has 0 aliphatic carbocycles. The highest BCUT2D eigenvalue weighted by atomic mass is 35.5. The normalized spacial score (nSPS) is 11.9. The van der Waals surface area contributed by atoms with E-state index in [9.17, 15) is 0 Å². The number of quaternary nitrogens is 1. The Hall–Kier alpha value is -0.0100. The minimum Gasteiger partial charge on any atom is -1.00 e. The van der Waals surface area contributed by atoms with Gasteiger partial charge in [-0.15, -0.1) is 0 Å². The topological polar surface area (TPSA) is 0 Å². The first-order valence-electron chi connectivity index (χ1n) is 18.0. The lowest BCUT2D eigenvalue weighted by atomic mass is 10.0. The van der Waals surface area contributed by atoms with Gasteiger partial charge in [-0.1, -0.05) is 173 Å². The number of unbranched alkanes of at least 4 members (excludes halogenated alkanes) is 28. The van der Waals surface area contributed by atoms with E-state index in [2.05, 4.69) is 40.2 Å². The van der Waals surface area contributed by atoms with Crippen molar-refractivity contribution in [2.75, 3.05) is 27.7 Å². The molecule has 0 unspecified atom stereocenters. The van der Waals surface area contributed by atoms with Gasteiger partial charge in [0.2, 0.25) is 0 Å². The molecule has 0 aromatic rings. The lowest BCUT2D eigenvalue weighted by Crippen LogP contribution is -3.00. The van der Waals surface area contributed by atoms with Crippen LogP contribution in [-0.2, 0) is 0 Å². The summed E-state index contributed by atoms with van der Waals surface area (Å²) in [5, 5.41) is 0. The van der Waals surface area contributed by atoms with Crippen LogP contribution >= 0.6 is 0 Å². The Balaban J connectivity index is 0. The Morgan fingerprint density at radius 3 is 0.821 bits per heavy atom. The van der Waals surface area contributed by atoms with Crippen molar-refractivity contribution in [3.05, 3.63) is 12.2 Å². The highest BCUT2D eigenvalue weighted by Gasteiger charge is 2.04. The van der Waals surface area contributed by atoms with Crippen molar-refractivity contribution in [3.63, 3.8) is 0 Å². The van der Waals surface area contributed by atoms with Crippen LogP contribution in [0.15, 0.2) is 12.2 Å². The van der Waals surface area contributed by atoms with Crippen LogP contribution in [0.4, 0.5) is 0 Å². The quantitative estimate of drug-likeness (QED) is 0.0429. The number of rotatable bonds is 32. The molecule has 0 atom stereocenters. The fourth-order valence-corrected chi connectivity index (χ4v) is 5.66. The molecule has 0 N–H and O–H groups in total. The molecule has 0 aromatic heterocycles. The van der Waals surface area contributed by atoms with E-state index in [0.29, 0.717) is 0 Å². The van der Waals surface area contributed by atoms with E-state index in [1.165, 1.54) is 199 Å². The number of hydrogen-bond acceptors (Lipinski definition) is 0. The molecule has 0 heterocycles. The highest BCUT2D eigenvalue weighted by molar-refractivity contribution is 4.81. The molecule has 2 heteroatoms. The van der Waals surface area contributed by atoms with E-state index < -0.39 is 0 Å². The molecule has 0 aromatic carbocycles. The first-order valence-corrected chi connectivity index (χ1v) is 18.0. The van der Waals surface area contributed by atoms with Crippen molar-refractivity contribution in [3.8, 4) is 0 Å². The minimum absolute atomic E-state index is 0. The zero-order valence-electron chi connectivity index (χ0n) is 27.9. The highest BCUT2D eigenvalue weighted by Crippen LogP contribution is 2.16. The summed E-state index contributed by atoms with van der Waals surface area (Å²) < 4.78 is 1.12. The number of halogens is 1. The largest absolute Gasteiger partial charge is 1.00 e. The second-order valence-corrected chi connectivity index (χ2v) is 13.6. The molecule has 0 spiro atoms. The average Bonchev–Trinajstić information content (AvgIpc) is 2.88. The predicted octanol–water partition coefficient (Wildman–Crippen LogP) is 9.98. The molecular weight excluding hydrogens is 494 g/mol. The third-order valence-electron chi connectivity index (χ3n) is 8.34. The van der Waals surface area contributed by atoms with Crippen molar-refractivity contribution >= 4 is 0 Å². The smallest absolute Gasteiger partial charge is 0.0780 e. The SMILES string of the molecule is CCCCCCCCCCCCCCCCCCCCCCCC/C=C\CCCCCCCC[N+](C)(C)C.[Cl-]. The zero-order chi connectivity index (χ0) is 27.8. The first kappa shape index (κ1) is 41.1. The first-order chi connectivity index (χ1) is 18.6. The molecule has 0 rings (SSSR count). The Bertz CT molecular complexity index is 453. The van der Waals surface area contributed by atoms with Crippen LogP contribution in [0.2, 0.25) is 0 Å². The lowest BCUT2D eigenvalue weighted by Gasteiger charge is -2.23. The van der Waals surface area contributed by atoms with Gasteiger partial charge in [0.25, 0.3) is 0 Å². The van der Waals surface area contributed by atoms with Crippen molar-refractivity contribution in [2.45, 2.75) is 200 Å². The predicted molar refractivity (Wildman–Crippen MR) is 176 cm³/mol. The van der Waals surface area contributed by atoms with Crippen LogP contribution in [0.3, 0.4) is 0 Å². The van der Waals surface area contributed by atoms with Crippen molar-refractivity contribution in [1.29, 1.82) is 0 Å². The van der Waals surface area contributed by atoms with Gasteiger partial charge < -0.3 is 16.9 Å². The summed E-state index contributed by atoms with van der Waals surface area (Å²) in [4.78, 5) is 0. The van der Waals surface area contributed by atoms with Crippen molar-refractivity contribution in [2.24, 2.45) is 0 Å². The maximum Gasteiger partial charge on any atom is 0.0780 e. The third-order valence-corrected chi connectivity index (χ3v) is 8.34. The fourth-order valence-electron chi connectivity index (χ4n) is 5.66. The van der Waals surface area contributed by atoms with Crippen LogP contribution in [0.1, 0.15) is 200 Å². The zero-order valence-corrected chi connectivity index (χ0v) is 28.7. The van der Waals surface area contributed by atoms with Crippen LogP contribution in [0, 0.1) is 0 Å². The van der Waals surface area contributed by atoms with Gasteiger partial charge in [-0.2, -0.15) is 0 Å². The Labute approximate surface area is 255 Å². The van der Waals surface area contributed by atoms with Crippen LogP contribution in [0.5, 0.6) is 0 Å². The molecule has 0 fully saturated rings. The molecular formula is C37H76ClN. The van der Waals surface area contributed by atoms with Gasteiger partial charge in [0.15, 0.2) is 0 Å². The van der Waals surface area contributed by atoms with Gasteiger partial charge in [0.05, 0.1) is 27.7 Å². The van der Waals surface area contributed by atoms with E-state index >= 15 is 0 Å². The Morgan fingerprint density at radius 1 is 0.333 bits per heavy atom. The molecule has 0 radical (unpaired) electrons. The second-order valence-electron chi connectivity index (χ2n) is 13.6. The van der Waals surface area contributed by atoms with E-state index in [-0.39, 0.29) is 12.4 Å². The van der Waals surface area contributed by atoms with Crippen LogP contribution < -0.4 is 12.4 Å². The van der Waals surface area contributed by atoms with Gasteiger partial charge >= 0.3 is 0 Å². The summed E-state index contributed by atoms with van der Waals surface area (Å²) in [6.07, 6.45) is 48.4. The van der Waals surface area contributed by atoms with Gasteiger partial charge in [-0.3, -0.25) is 0 Å².